The van der Waals surface area contributed by atoms with Crippen LogP contribution in [0, 0.1) is 18.8 Å². The van der Waals surface area contributed by atoms with Crippen molar-refractivity contribution in [1.82, 2.24) is 5.32 Å². The highest BCUT2D eigenvalue weighted by molar-refractivity contribution is 6.00. The van der Waals surface area contributed by atoms with Crippen molar-refractivity contribution in [2.24, 2.45) is 11.8 Å². The molecule has 0 radical (unpaired) electrons. The number of carbonyl (C=O) groups excluding carboxylic acids is 2. The summed E-state index contributed by atoms with van der Waals surface area (Å²) in [6.07, 6.45) is 0.371. The van der Waals surface area contributed by atoms with Gasteiger partial charge in [-0.15, -0.1) is 0 Å². The van der Waals surface area contributed by atoms with Crippen LogP contribution in [0.15, 0.2) is 18.2 Å². The number of anilines is 1. The van der Waals surface area contributed by atoms with Crippen LogP contribution >= 0.6 is 0 Å². The largest absolute Gasteiger partial charge is 0.481 e. The van der Waals surface area contributed by atoms with Crippen molar-refractivity contribution < 1.29 is 19.5 Å². The number of hydrogen-bond donors (Lipinski definition) is 3. The van der Waals surface area contributed by atoms with Crippen molar-refractivity contribution in [3.05, 3.63) is 29.3 Å². The highest BCUT2D eigenvalue weighted by atomic mass is 16.4. The first-order chi connectivity index (χ1) is 9.93. The maximum absolute atomic E-state index is 12.0. The summed E-state index contributed by atoms with van der Waals surface area (Å²) < 4.78 is 0. The Hall–Kier alpha value is -2.37. The van der Waals surface area contributed by atoms with E-state index in [-0.39, 0.29) is 11.8 Å². The minimum absolute atomic E-state index is 0.206. The van der Waals surface area contributed by atoms with E-state index in [1.165, 1.54) is 0 Å². The monoisotopic (exact) mass is 290 g/mol. The number of carbonyl (C=O) groups is 3. The number of benzene rings is 1. The summed E-state index contributed by atoms with van der Waals surface area (Å²) >= 11 is 0. The lowest BCUT2D eigenvalue weighted by molar-refractivity contribution is -0.139. The fraction of sp³-hybridized carbons (Fsp3) is 0.400. The molecule has 2 amide bonds. The molecule has 2 atom stereocenters. The molecule has 1 aliphatic carbocycles. The van der Waals surface area contributed by atoms with Crippen LogP contribution in [-0.2, 0) is 9.59 Å². The van der Waals surface area contributed by atoms with Crippen LogP contribution in [0.3, 0.4) is 0 Å². The van der Waals surface area contributed by atoms with E-state index in [9.17, 15) is 14.4 Å². The molecule has 6 nitrogen and oxygen atoms in total. The molecule has 6 heteroatoms. The van der Waals surface area contributed by atoms with Crippen LogP contribution in [-0.4, -0.2) is 29.4 Å². The van der Waals surface area contributed by atoms with Crippen molar-refractivity contribution in [3.8, 4) is 0 Å². The molecule has 0 spiro atoms. The standard InChI is InChI=1S/C15H18N2O4/c1-3-16-13(18)9-5-4-8(2)12(6-9)17-14(19)10-7-11(10)15(20)21/h4-6,10-11H,3,7H2,1-2H3,(H,16,18)(H,17,19)(H,20,21)/t10-,11+/m1/s1. The number of carboxylic acids is 1. The molecule has 1 aromatic carbocycles. The molecular weight excluding hydrogens is 272 g/mol. The zero-order chi connectivity index (χ0) is 15.6. The summed E-state index contributed by atoms with van der Waals surface area (Å²) in [6, 6.07) is 5.05. The van der Waals surface area contributed by atoms with Gasteiger partial charge in [0.2, 0.25) is 5.91 Å². The van der Waals surface area contributed by atoms with Crippen molar-refractivity contribution >= 4 is 23.5 Å². The number of rotatable bonds is 5. The van der Waals surface area contributed by atoms with E-state index in [4.69, 9.17) is 5.11 Å². The molecule has 1 fully saturated rings. The number of nitrogens with one attached hydrogen (secondary N) is 2. The lowest BCUT2D eigenvalue weighted by Gasteiger charge is -2.10. The second-order valence-corrected chi connectivity index (χ2v) is 5.17. The van der Waals surface area contributed by atoms with Crippen LogP contribution in [0.4, 0.5) is 5.69 Å². The second-order valence-electron chi connectivity index (χ2n) is 5.17. The summed E-state index contributed by atoms with van der Waals surface area (Å²) in [5.74, 6) is -2.52. The van der Waals surface area contributed by atoms with Crippen LogP contribution in [0.25, 0.3) is 0 Å². The van der Waals surface area contributed by atoms with Gasteiger partial charge in [-0.3, -0.25) is 14.4 Å². The molecule has 0 unspecified atom stereocenters. The SMILES string of the molecule is CCNC(=O)c1ccc(C)c(NC(=O)[C@@H]2C[C@@H]2C(=O)O)c1. The molecule has 0 aliphatic heterocycles. The van der Waals surface area contributed by atoms with Gasteiger partial charge >= 0.3 is 5.97 Å². The van der Waals surface area contributed by atoms with E-state index >= 15 is 0 Å². The molecule has 0 saturated heterocycles. The smallest absolute Gasteiger partial charge is 0.307 e. The van der Waals surface area contributed by atoms with Crippen LogP contribution < -0.4 is 10.6 Å². The molecule has 21 heavy (non-hydrogen) atoms. The van der Waals surface area contributed by atoms with Gasteiger partial charge < -0.3 is 15.7 Å². The molecule has 0 bridgehead atoms. The number of aliphatic carboxylic acids is 1. The van der Waals surface area contributed by atoms with Gasteiger partial charge in [-0.2, -0.15) is 0 Å². The number of hydrogen-bond acceptors (Lipinski definition) is 3. The maximum atomic E-state index is 12.0. The third-order valence-electron chi connectivity index (χ3n) is 3.54. The molecule has 1 aromatic rings. The predicted octanol–water partition coefficient (Wildman–Crippen LogP) is 1.40. The number of carboxylic acid groups (broad SMARTS) is 1. The highest BCUT2D eigenvalue weighted by Gasteiger charge is 2.48. The van der Waals surface area contributed by atoms with Gasteiger partial charge in [0.05, 0.1) is 11.8 Å². The molecule has 2 rings (SSSR count). The third kappa shape index (κ3) is 3.39. The molecular formula is C15H18N2O4. The maximum Gasteiger partial charge on any atom is 0.307 e. The lowest BCUT2D eigenvalue weighted by atomic mass is 10.1. The van der Waals surface area contributed by atoms with Gasteiger partial charge in [-0.25, -0.2) is 0 Å². The molecule has 1 aliphatic rings. The topological polar surface area (TPSA) is 95.5 Å². The van der Waals surface area contributed by atoms with Crippen molar-refractivity contribution in [1.29, 1.82) is 0 Å². The van der Waals surface area contributed by atoms with Gasteiger partial charge in [0.25, 0.3) is 5.91 Å². The molecule has 112 valence electrons. The minimum atomic E-state index is -0.942. The fourth-order valence-electron chi connectivity index (χ4n) is 2.14. The zero-order valence-electron chi connectivity index (χ0n) is 12.0. The zero-order valence-corrected chi connectivity index (χ0v) is 12.0. The van der Waals surface area contributed by atoms with Crippen LogP contribution in [0.1, 0.15) is 29.3 Å². The Bertz CT molecular complexity index is 597. The first-order valence-corrected chi connectivity index (χ1v) is 6.86. The van der Waals surface area contributed by atoms with E-state index in [0.717, 1.165) is 5.56 Å². The van der Waals surface area contributed by atoms with Gasteiger partial charge in [0.1, 0.15) is 0 Å². The lowest BCUT2D eigenvalue weighted by Crippen LogP contribution is -2.23. The average Bonchev–Trinajstić information content (AvgIpc) is 3.22. The summed E-state index contributed by atoms with van der Waals surface area (Å²) in [5, 5.41) is 14.2. The van der Waals surface area contributed by atoms with Crippen molar-refractivity contribution in [2.75, 3.05) is 11.9 Å². The van der Waals surface area contributed by atoms with E-state index in [2.05, 4.69) is 10.6 Å². The average molecular weight is 290 g/mol. The van der Waals surface area contributed by atoms with Gasteiger partial charge in [-0.05, 0) is 38.0 Å². The van der Waals surface area contributed by atoms with E-state index in [0.29, 0.717) is 24.2 Å². The van der Waals surface area contributed by atoms with Gasteiger partial charge in [-0.1, -0.05) is 6.07 Å². The molecule has 0 heterocycles. The van der Waals surface area contributed by atoms with Crippen LogP contribution in [0.5, 0.6) is 0 Å². The first kappa shape index (κ1) is 15.0. The summed E-state index contributed by atoms with van der Waals surface area (Å²) in [4.78, 5) is 34.5. The summed E-state index contributed by atoms with van der Waals surface area (Å²) in [5.41, 5.74) is 1.83. The van der Waals surface area contributed by atoms with Gasteiger partial charge in [0.15, 0.2) is 0 Å². The van der Waals surface area contributed by atoms with Crippen molar-refractivity contribution in [3.63, 3.8) is 0 Å². The van der Waals surface area contributed by atoms with E-state index < -0.39 is 17.8 Å². The molecule has 0 aromatic heterocycles. The Morgan fingerprint density at radius 3 is 2.57 bits per heavy atom. The third-order valence-corrected chi connectivity index (χ3v) is 3.54. The second kappa shape index (κ2) is 5.95. The normalized spacial score (nSPS) is 19.7. The quantitative estimate of drug-likeness (QED) is 0.764. The fourth-order valence-corrected chi connectivity index (χ4v) is 2.14. The Morgan fingerprint density at radius 1 is 1.29 bits per heavy atom. The Morgan fingerprint density at radius 2 is 2.00 bits per heavy atom. The van der Waals surface area contributed by atoms with Crippen molar-refractivity contribution in [2.45, 2.75) is 20.3 Å². The molecule has 3 N–H and O–H groups in total. The number of aryl methyl sites for hydroxylation is 1. The predicted molar refractivity (Wildman–Crippen MR) is 77.0 cm³/mol. The van der Waals surface area contributed by atoms with Crippen LogP contribution in [0.2, 0.25) is 0 Å². The molecule has 1 saturated carbocycles. The summed E-state index contributed by atoms with van der Waals surface area (Å²) in [7, 11) is 0. The summed E-state index contributed by atoms with van der Waals surface area (Å²) in [6.45, 7) is 4.17. The Kier molecular flexibility index (Phi) is 4.26. The minimum Gasteiger partial charge on any atom is -0.481 e. The number of amides is 2. The van der Waals surface area contributed by atoms with E-state index in [1.807, 2.05) is 13.8 Å². The Labute approximate surface area is 122 Å². The highest BCUT2D eigenvalue weighted by Crippen LogP contribution is 2.39. The van der Waals surface area contributed by atoms with Gasteiger partial charge in [0, 0.05) is 17.8 Å². The first-order valence-electron chi connectivity index (χ1n) is 6.86. The van der Waals surface area contributed by atoms with E-state index in [1.54, 1.807) is 18.2 Å². The Balaban J connectivity index is 2.09.